The van der Waals surface area contributed by atoms with Crippen molar-refractivity contribution in [2.45, 2.75) is 20.4 Å². The Balaban J connectivity index is 2.78. The first-order valence-corrected chi connectivity index (χ1v) is 5.15. The van der Waals surface area contributed by atoms with Gasteiger partial charge in [-0.05, 0) is 19.4 Å². The Bertz CT molecular complexity index is 439. The second-order valence-corrected chi connectivity index (χ2v) is 3.45. The van der Waals surface area contributed by atoms with Gasteiger partial charge in [0.05, 0.1) is 18.3 Å². The normalized spacial score (nSPS) is 12.0. The van der Waals surface area contributed by atoms with Crippen LogP contribution in [0.1, 0.15) is 24.2 Å². The number of ketones is 1. The Kier molecular flexibility index (Phi) is 4.45. The van der Waals surface area contributed by atoms with Crippen molar-refractivity contribution < 1.29 is 4.79 Å². The van der Waals surface area contributed by atoms with Gasteiger partial charge >= 0.3 is 0 Å². The second kappa shape index (κ2) is 5.85. The molecule has 1 aromatic heterocycles. The van der Waals surface area contributed by atoms with Crippen molar-refractivity contribution in [3.8, 4) is 0 Å². The maximum atomic E-state index is 11.1. The monoisotopic (exact) mass is 216 g/mol. The van der Waals surface area contributed by atoms with E-state index in [4.69, 9.17) is 0 Å². The zero-order valence-electron chi connectivity index (χ0n) is 9.68. The lowest BCUT2D eigenvalue weighted by Gasteiger charge is -2.00. The summed E-state index contributed by atoms with van der Waals surface area (Å²) >= 11 is 0. The van der Waals surface area contributed by atoms with E-state index in [9.17, 15) is 4.79 Å². The molecule has 84 valence electrons. The molecule has 0 aliphatic rings. The van der Waals surface area contributed by atoms with Gasteiger partial charge in [-0.3, -0.25) is 9.48 Å². The lowest BCUT2D eigenvalue weighted by Crippen LogP contribution is -2.00. The predicted molar refractivity (Wildman–Crippen MR) is 65.3 cm³/mol. The highest BCUT2D eigenvalue weighted by Gasteiger charge is 2.03. The summed E-state index contributed by atoms with van der Waals surface area (Å²) in [4.78, 5) is 11.1. The van der Waals surface area contributed by atoms with Gasteiger partial charge in [-0.2, -0.15) is 5.10 Å². The average Bonchev–Trinajstić information content (AvgIpc) is 2.72. The van der Waals surface area contributed by atoms with Crippen LogP contribution >= 0.6 is 0 Å². The molecule has 0 amide bonds. The standard InChI is InChI=1S/C13H16N2O/c1-4-6-7-12(5-2)9-15-10-13(8-14-15)11(3)16/h4-8,10H,2,9H2,1,3H3/b6-4-,12-7+. The highest BCUT2D eigenvalue weighted by atomic mass is 16.1. The van der Waals surface area contributed by atoms with Crippen LogP contribution in [0.4, 0.5) is 0 Å². The third-order valence-electron chi connectivity index (χ3n) is 2.15. The lowest BCUT2D eigenvalue weighted by atomic mass is 10.2. The smallest absolute Gasteiger partial charge is 0.162 e. The molecule has 0 bridgehead atoms. The Morgan fingerprint density at radius 1 is 1.62 bits per heavy atom. The summed E-state index contributed by atoms with van der Waals surface area (Å²) in [6.45, 7) is 7.86. The van der Waals surface area contributed by atoms with Gasteiger partial charge in [-0.1, -0.05) is 30.9 Å². The van der Waals surface area contributed by atoms with Gasteiger partial charge in [0.2, 0.25) is 0 Å². The molecule has 0 aliphatic heterocycles. The van der Waals surface area contributed by atoms with E-state index in [0.717, 1.165) is 5.57 Å². The lowest BCUT2D eigenvalue weighted by molar-refractivity contribution is 0.101. The Hall–Kier alpha value is -1.90. The second-order valence-electron chi connectivity index (χ2n) is 3.45. The molecule has 0 aliphatic carbocycles. The molecule has 16 heavy (non-hydrogen) atoms. The van der Waals surface area contributed by atoms with Crippen molar-refractivity contribution in [1.82, 2.24) is 9.78 Å². The first kappa shape index (κ1) is 12.2. The van der Waals surface area contributed by atoms with Crippen LogP contribution in [-0.2, 0) is 6.54 Å². The molecule has 1 aromatic rings. The van der Waals surface area contributed by atoms with E-state index < -0.39 is 0 Å². The van der Waals surface area contributed by atoms with E-state index in [2.05, 4.69) is 11.7 Å². The minimum atomic E-state index is 0.0313. The molecular formula is C13H16N2O. The van der Waals surface area contributed by atoms with Crippen molar-refractivity contribution >= 4 is 5.78 Å². The summed E-state index contributed by atoms with van der Waals surface area (Å²) < 4.78 is 1.73. The number of carbonyl (C=O) groups is 1. The van der Waals surface area contributed by atoms with Gasteiger partial charge in [0.25, 0.3) is 0 Å². The van der Waals surface area contributed by atoms with Crippen LogP contribution < -0.4 is 0 Å². The van der Waals surface area contributed by atoms with Crippen LogP contribution in [-0.4, -0.2) is 15.6 Å². The van der Waals surface area contributed by atoms with Gasteiger partial charge in [0.15, 0.2) is 5.78 Å². The van der Waals surface area contributed by atoms with E-state index in [1.807, 2.05) is 25.2 Å². The molecule has 0 saturated heterocycles. The SMILES string of the molecule is C=C/C(=C\C=C/C)Cn1cc(C(C)=O)cn1. The van der Waals surface area contributed by atoms with Crippen LogP contribution in [0.25, 0.3) is 0 Å². The molecular weight excluding hydrogens is 200 g/mol. The average molecular weight is 216 g/mol. The van der Waals surface area contributed by atoms with Gasteiger partial charge in [-0.15, -0.1) is 0 Å². The van der Waals surface area contributed by atoms with Crippen molar-refractivity contribution in [3.63, 3.8) is 0 Å². The molecule has 3 heteroatoms. The Morgan fingerprint density at radius 2 is 2.38 bits per heavy atom. The number of aromatic nitrogens is 2. The fraction of sp³-hybridized carbons (Fsp3) is 0.231. The molecule has 0 radical (unpaired) electrons. The number of Topliss-reactive ketones (excluding diaryl/α,β-unsaturated/α-hetero) is 1. The highest BCUT2D eigenvalue weighted by Crippen LogP contribution is 2.04. The minimum Gasteiger partial charge on any atom is -0.294 e. The zero-order valence-corrected chi connectivity index (χ0v) is 9.68. The molecule has 1 heterocycles. The fourth-order valence-electron chi connectivity index (χ4n) is 1.22. The molecule has 0 spiro atoms. The molecule has 0 aromatic carbocycles. The van der Waals surface area contributed by atoms with E-state index in [1.54, 1.807) is 23.2 Å². The first-order valence-electron chi connectivity index (χ1n) is 5.15. The summed E-state index contributed by atoms with van der Waals surface area (Å²) in [6, 6.07) is 0. The van der Waals surface area contributed by atoms with Gasteiger partial charge in [-0.25, -0.2) is 0 Å². The van der Waals surface area contributed by atoms with Crippen LogP contribution in [0.2, 0.25) is 0 Å². The quantitative estimate of drug-likeness (QED) is 0.560. The number of rotatable bonds is 5. The molecule has 0 N–H and O–H groups in total. The van der Waals surface area contributed by atoms with Gasteiger partial charge in [0, 0.05) is 6.20 Å². The predicted octanol–water partition coefficient (Wildman–Crippen LogP) is 2.77. The number of hydrogen-bond acceptors (Lipinski definition) is 2. The van der Waals surface area contributed by atoms with Crippen LogP contribution in [0.15, 0.2) is 48.8 Å². The van der Waals surface area contributed by atoms with Crippen molar-refractivity contribution in [3.05, 3.63) is 54.4 Å². The van der Waals surface area contributed by atoms with Gasteiger partial charge in [0.1, 0.15) is 0 Å². The molecule has 1 rings (SSSR count). The van der Waals surface area contributed by atoms with Crippen molar-refractivity contribution in [1.29, 1.82) is 0 Å². The summed E-state index contributed by atoms with van der Waals surface area (Å²) in [5, 5.41) is 4.12. The molecule has 0 fully saturated rings. The van der Waals surface area contributed by atoms with E-state index in [-0.39, 0.29) is 5.78 Å². The van der Waals surface area contributed by atoms with E-state index >= 15 is 0 Å². The largest absolute Gasteiger partial charge is 0.294 e. The molecule has 3 nitrogen and oxygen atoms in total. The third-order valence-corrected chi connectivity index (χ3v) is 2.15. The maximum absolute atomic E-state index is 11.1. The topological polar surface area (TPSA) is 34.9 Å². The van der Waals surface area contributed by atoms with Crippen LogP contribution in [0.3, 0.4) is 0 Å². The van der Waals surface area contributed by atoms with Crippen molar-refractivity contribution in [2.24, 2.45) is 0 Å². The number of nitrogens with zero attached hydrogens (tertiary/aromatic N) is 2. The third kappa shape index (κ3) is 3.35. The fourth-order valence-corrected chi connectivity index (χ4v) is 1.22. The van der Waals surface area contributed by atoms with Crippen molar-refractivity contribution in [2.75, 3.05) is 0 Å². The highest BCUT2D eigenvalue weighted by molar-refractivity contribution is 5.93. The van der Waals surface area contributed by atoms with Gasteiger partial charge < -0.3 is 0 Å². The first-order chi connectivity index (χ1) is 7.67. The summed E-state index contributed by atoms with van der Waals surface area (Å²) in [7, 11) is 0. The van der Waals surface area contributed by atoms with Crippen LogP contribution in [0, 0.1) is 0 Å². The van der Waals surface area contributed by atoms with Crippen LogP contribution in [0.5, 0.6) is 0 Å². The summed E-state index contributed by atoms with van der Waals surface area (Å²) in [5.74, 6) is 0.0313. The Morgan fingerprint density at radius 3 is 2.88 bits per heavy atom. The maximum Gasteiger partial charge on any atom is 0.162 e. The molecule has 0 saturated carbocycles. The number of carbonyl (C=O) groups excluding carboxylic acids is 1. The van der Waals surface area contributed by atoms with E-state index in [1.165, 1.54) is 6.92 Å². The zero-order chi connectivity index (χ0) is 12.0. The Labute approximate surface area is 95.8 Å². The summed E-state index contributed by atoms with van der Waals surface area (Å²) in [6.07, 6.45) is 11.0. The minimum absolute atomic E-state index is 0.0313. The summed E-state index contributed by atoms with van der Waals surface area (Å²) in [5.41, 5.74) is 1.69. The van der Waals surface area contributed by atoms with E-state index in [0.29, 0.717) is 12.1 Å². The molecule has 0 atom stereocenters. The number of allylic oxidation sites excluding steroid dienone is 5. The molecule has 0 unspecified atom stereocenters. The number of hydrogen-bond donors (Lipinski definition) is 0.